The monoisotopic (exact) mass is 278 g/mol. The summed E-state index contributed by atoms with van der Waals surface area (Å²) in [6.07, 6.45) is 1.17. The van der Waals surface area contributed by atoms with Crippen LogP contribution in [0.15, 0.2) is 29.1 Å². The fraction of sp³-hybridized carbons (Fsp3) is 0.308. The number of hydrogen-bond donors (Lipinski definition) is 1. The molecule has 1 aromatic carbocycles. The van der Waals surface area contributed by atoms with Crippen LogP contribution in [0.5, 0.6) is 0 Å². The number of hydrogen-bond acceptors (Lipinski definition) is 5. The molecule has 0 radical (unpaired) electrons. The Morgan fingerprint density at radius 1 is 1.45 bits per heavy atom. The van der Waals surface area contributed by atoms with Crippen molar-refractivity contribution in [1.29, 1.82) is 0 Å². The van der Waals surface area contributed by atoms with E-state index in [2.05, 4.69) is 20.0 Å². The van der Waals surface area contributed by atoms with Crippen LogP contribution in [-0.4, -0.2) is 30.1 Å². The summed E-state index contributed by atoms with van der Waals surface area (Å²) in [6, 6.07) is 3.97. The summed E-state index contributed by atoms with van der Waals surface area (Å²) in [6.45, 7) is 1.69. The van der Waals surface area contributed by atoms with Crippen LogP contribution >= 0.6 is 0 Å². The molecule has 0 bridgehead atoms. The van der Waals surface area contributed by atoms with Gasteiger partial charge in [-0.3, -0.25) is 4.79 Å². The standard InChI is InChI=1S/C13H15FN4O2/c1-8(12-15-7-20-17-12)16-13(19)10-5-4-9(18(2)3)6-11(10)14/h4-8H,1-3H3,(H,16,19). The number of nitrogens with zero attached hydrogens (tertiary/aromatic N) is 3. The number of halogens is 1. The van der Waals surface area contributed by atoms with Crippen LogP contribution in [-0.2, 0) is 0 Å². The molecule has 0 saturated carbocycles. The van der Waals surface area contributed by atoms with Crippen LogP contribution in [0.1, 0.15) is 29.1 Å². The first-order valence-corrected chi connectivity index (χ1v) is 6.03. The Morgan fingerprint density at radius 3 is 2.75 bits per heavy atom. The lowest BCUT2D eigenvalue weighted by Crippen LogP contribution is -2.28. The maximum Gasteiger partial charge on any atom is 0.254 e. The third-order valence-electron chi connectivity index (χ3n) is 2.83. The first kappa shape index (κ1) is 14.0. The fourth-order valence-corrected chi connectivity index (χ4v) is 1.67. The minimum atomic E-state index is -0.575. The van der Waals surface area contributed by atoms with Gasteiger partial charge in [-0.2, -0.15) is 4.98 Å². The molecule has 6 nitrogen and oxygen atoms in total. The second-order valence-electron chi connectivity index (χ2n) is 4.54. The summed E-state index contributed by atoms with van der Waals surface area (Å²) >= 11 is 0. The van der Waals surface area contributed by atoms with E-state index >= 15 is 0 Å². The third-order valence-corrected chi connectivity index (χ3v) is 2.83. The molecule has 0 saturated heterocycles. The van der Waals surface area contributed by atoms with Gasteiger partial charge in [-0.1, -0.05) is 5.16 Å². The van der Waals surface area contributed by atoms with E-state index in [4.69, 9.17) is 0 Å². The maximum absolute atomic E-state index is 13.9. The molecule has 106 valence electrons. The number of nitrogens with one attached hydrogen (secondary N) is 1. The van der Waals surface area contributed by atoms with Crippen LogP contribution in [0.2, 0.25) is 0 Å². The fourth-order valence-electron chi connectivity index (χ4n) is 1.67. The predicted octanol–water partition coefficient (Wildman–Crippen LogP) is 1.77. The Balaban J connectivity index is 2.13. The summed E-state index contributed by atoms with van der Waals surface area (Å²) in [7, 11) is 3.60. The number of rotatable bonds is 4. The van der Waals surface area contributed by atoms with Gasteiger partial charge in [0.05, 0.1) is 11.6 Å². The number of benzene rings is 1. The zero-order chi connectivity index (χ0) is 14.7. The zero-order valence-corrected chi connectivity index (χ0v) is 11.4. The summed E-state index contributed by atoms with van der Waals surface area (Å²) in [4.78, 5) is 17.6. The SMILES string of the molecule is CC(NC(=O)c1ccc(N(C)C)cc1F)c1ncon1. The van der Waals surface area contributed by atoms with Crippen LogP contribution in [0, 0.1) is 5.82 Å². The molecule has 0 aliphatic carbocycles. The van der Waals surface area contributed by atoms with E-state index < -0.39 is 17.8 Å². The van der Waals surface area contributed by atoms with Gasteiger partial charge in [-0.25, -0.2) is 4.39 Å². The lowest BCUT2D eigenvalue weighted by molar-refractivity contribution is 0.0934. The lowest BCUT2D eigenvalue weighted by Gasteiger charge is -2.14. The largest absolute Gasteiger partial charge is 0.378 e. The van der Waals surface area contributed by atoms with Crippen LogP contribution in [0.25, 0.3) is 0 Å². The molecule has 1 N–H and O–H groups in total. The van der Waals surface area contributed by atoms with E-state index in [1.807, 2.05) is 0 Å². The van der Waals surface area contributed by atoms with Crippen molar-refractivity contribution in [3.05, 3.63) is 41.8 Å². The molecule has 1 aromatic heterocycles. The Bertz CT molecular complexity index is 598. The first-order chi connectivity index (χ1) is 9.49. The molecule has 1 atom stereocenters. The molecule has 0 aliphatic heterocycles. The summed E-state index contributed by atoms with van der Waals surface area (Å²) in [5.41, 5.74) is 0.663. The first-order valence-electron chi connectivity index (χ1n) is 6.03. The second-order valence-corrected chi connectivity index (χ2v) is 4.54. The second kappa shape index (κ2) is 5.68. The molecule has 1 amide bonds. The van der Waals surface area contributed by atoms with Crippen LogP contribution < -0.4 is 10.2 Å². The van der Waals surface area contributed by atoms with Crippen LogP contribution in [0.3, 0.4) is 0 Å². The highest BCUT2D eigenvalue weighted by Gasteiger charge is 2.18. The molecule has 1 unspecified atom stereocenters. The Kier molecular flexibility index (Phi) is 3.97. The maximum atomic E-state index is 13.9. The van der Waals surface area contributed by atoms with Crippen molar-refractivity contribution in [3.63, 3.8) is 0 Å². The Hall–Kier alpha value is -2.44. The van der Waals surface area contributed by atoms with E-state index in [0.717, 1.165) is 0 Å². The van der Waals surface area contributed by atoms with Gasteiger partial charge in [0.2, 0.25) is 6.39 Å². The van der Waals surface area contributed by atoms with Gasteiger partial charge in [-0.05, 0) is 25.1 Å². The Morgan fingerprint density at radius 2 is 2.20 bits per heavy atom. The smallest absolute Gasteiger partial charge is 0.254 e. The van der Waals surface area contributed by atoms with Crippen molar-refractivity contribution in [2.24, 2.45) is 0 Å². The quantitative estimate of drug-likeness (QED) is 0.922. The molecule has 2 rings (SSSR count). The average molecular weight is 278 g/mol. The highest BCUT2D eigenvalue weighted by molar-refractivity contribution is 5.95. The molecule has 20 heavy (non-hydrogen) atoms. The molecular formula is C13H15FN4O2. The van der Waals surface area contributed by atoms with Gasteiger partial charge in [0.15, 0.2) is 5.82 Å². The summed E-state index contributed by atoms with van der Waals surface area (Å²) in [5, 5.41) is 6.23. The van der Waals surface area contributed by atoms with Crippen molar-refractivity contribution >= 4 is 11.6 Å². The van der Waals surface area contributed by atoms with Gasteiger partial charge in [0.25, 0.3) is 5.91 Å². The topological polar surface area (TPSA) is 71.3 Å². The predicted molar refractivity (Wildman–Crippen MR) is 70.9 cm³/mol. The highest BCUT2D eigenvalue weighted by Crippen LogP contribution is 2.17. The van der Waals surface area contributed by atoms with Gasteiger partial charge in [0.1, 0.15) is 5.82 Å². The molecule has 0 aliphatic rings. The van der Waals surface area contributed by atoms with Gasteiger partial charge in [-0.15, -0.1) is 0 Å². The van der Waals surface area contributed by atoms with Gasteiger partial charge < -0.3 is 14.7 Å². The van der Waals surface area contributed by atoms with E-state index in [1.165, 1.54) is 18.5 Å². The number of amides is 1. The third kappa shape index (κ3) is 2.93. The molecule has 0 fully saturated rings. The minimum Gasteiger partial charge on any atom is -0.378 e. The lowest BCUT2D eigenvalue weighted by atomic mass is 10.1. The van der Waals surface area contributed by atoms with Gasteiger partial charge in [0, 0.05) is 19.8 Å². The normalized spacial score (nSPS) is 12.0. The number of aromatic nitrogens is 2. The van der Waals surface area contributed by atoms with Crippen molar-refractivity contribution in [3.8, 4) is 0 Å². The van der Waals surface area contributed by atoms with Crippen molar-refractivity contribution in [2.75, 3.05) is 19.0 Å². The molecule has 7 heteroatoms. The number of carbonyl (C=O) groups excluding carboxylic acids is 1. The minimum absolute atomic E-state index is 0.0223. The molecular weight excluding hydrogens is 263 g/mol. The summed E-state index contributed by atoms with van der Waals surface area (Å²) in [5.74, 6) is -0.761. The average Bonchev–Trinajstić information content (AvgIpc) is 2.92. The number of carbonyl (C=O) groups is 1. The molecule has 1 heterocycles. The molecule has 0 spiro atoms. The van der Waals surface area contributed by atoms with E-state index in [-0.39, 0.29) is 5.56 Å². The van der Waals surface area contributed by atoms with E-state index in [9.17, 15) is 9.18 Å². The van der Waals surface area contributed by atoms with Crippen molar-refractivity contribution in [2.45, 2.75) is 13.0 Å². The summed E-state index contributed by atoms with van der Waals surface area (Å²) < 4.78 is 18.5. The zero-order valence-electron chi connectivity index (χ0n) is 11.4. The Labute approximate surface area is 115 Å². The molecule has 2 aromatic rings. The van der Waals surface area contributed by atoms with Crippen molar-refractivity contribution < 1.29 is 13.7 Å². The number of anilines is 1. The van der Waals surface area contributed by atoms with Crippen molar-refractivity contribution in [1.82, 2.24) is 15.5 Å². The van der Waals surface area contributed by atoms with E-state index in [1.54, 1.807) is 32.0 Å². The highest BCUT2D eigenvalue weighted by atomic mass is 19.1. The van der Waals surface area contributed by atoms with Gasteiger partial charge >= 0.3 is 0 Å². The van der Waals surface area contributed by atoms with E-state index in [0.29, 0.717) is 11.5 Å². The van der Waals surface area contributed by atoms with Crippen LogP contribution in [0.4, 0.5) is 10.1 Å².